The maximum absolute atomic E-state index is 12.6. The third-order valence-electron chi connectivity index (χ3n) is 5.38. The summed E-state index contributed by atoms with van der Waals surface area (Å²) >= 11 is 0. The second kappa shape index (κ2) is 7.24. The molecule has 0 radical (unpaired) electrons. The van der Waals surface area contributed by atoms with E-state index in [2.05, 4.69) is 52.6 Å². The van der Waals surface area contributed by atoms with Crippen molar-refractivity contribution in [1.29, 1.82) is 0 Å². The summed E-state index contributed by atoms with van der Waals surface area (Å²) < 4.78 is 6.60. The minimum Gasteiger partial charge on any atom is -0.411 e. The van der Waals surface area contributed by atoms with Gasteiger partial charge in [0.05, 0.1) is 18.6 Å². The smallest absolute Gasteiger partial charge is 0.225 e. The number of hydrogen-bond acceptors (Lipinski definition) is 2. The lowest BCUT2D eigenvalue weighted by Gasteiger charge is -2.40. The SMILES string of the molecule is C=CC[C@H]1[C@@H](O[Si](C)(C)C(C)(C)C)CC(=O)N1Cc1ccccc1. The van der Waals surface area contributed by atoms with Crippen LogP contribution in [0.1, 0.15) is 39.2 Å². The molecule has 1 amide bonds. The van der Waals surface area contributed by atoms with Crippen molar-refractivity contribution >= 4 is 14.2 Å². The van der Waals surface area contributed by atoms with E-state index in [1.165, 1.54) is 0 Å². The third-order valence-corrected chi connectivity index (χ3v) is 9.89. The van der Waals surface area contributed by atoms with Gasteiger partial charge in [0.2, 0.25) is 5.91 Å². The van der Waals surface area contributed by atoms with Gasteiger partial charge in [-0.05, 0) is 30.1 Å². The van der Waals surface area contributed by atoms with Gasteiger partial charge in [-0.1, -0.05) is 57.2 Å². The van der Waals surface area contributed by atoms with Crippen LogP contribution in [0.15, 0.2) is 43.0 Å². The molecule has 0 N–H and O–H groups in total. The minimum absolute atomic E-state index is 0.0277. The highest BCUT2D eigenvalue weighted by Crippen LogP contribution is 2.40. The molecule has 132 valence electrons. The Morgan fingerprint density at radius 3 is 2.46 bits per heavy atom. The van der Waals surface area contributed by atoms with Crippen LogP contribution in [0.5, 0.6) is 0 Å². The van der Waals surface area contributed by atoms with Gasteiger partial charge >= 0.3 is 0 Å². The zero-order valence-electron chi connectivity index (χ0n) is 15.7. The molecule has 0 saturated carbocycles. The van der Waals surface area contributed by atoms with Crippen LogP contribution >= 0.6 is 0 Å². The molecule has 0 aromatic heterocycles. The van der Waals surface area contributed by atoms with Crippen LogP contribution in [0.4, 0.5) is 0 Å². The number of hydrogen-bond donors (Lipinski definition) is 0. The van der Waals surface area contributed by atoms with Crippen LogP contribution in [0.25, 0.3) is 0 Å². The zero-order valence-corrected chi connectivity index (χ0v) is 16.7. The molecule has 1 fully saturated rings. The van der Waals surface area contributed by atoms with Crippen molar-refractivity contribution in [3.8, 4) is 0 Å². The molecule has 2 atom stereocenters. The van der Waals surface area contributed by atoms with Gasteiger partial charge in [-0.3, -0.25) is 4.79 Å². The Morgan fingerprint density at radius 2 is 1.92 bits per heavy atom. The third kappa shape index (κ3) is 4.17. The van der Waals surface area contributed by atoms with Gasteiger partial charge in [-0.15, -0.1) is 6.58 Å². The second-order valence-electron chi connectivity index (χ2n) is 8.22. The average molecular weight is 346 g/mol. The molecule has 0 unspecified atom stereocenters. The van der Waals surface area contributed by atoms with Crippen molar-refractivity contribution in [2.75, 3.05) is 0 Å². The molecule has 3 nitrogen and oxygen atoms in total. The summed E-state index contributed by atoms with van der Waals surface area (Å²) in [6.07, 6.45) is 3.14. The van der Waals surface area contributed by atoms with E-state index in [0.717, 1.165) is 12.0 Å². The monoisotopic (exact) mass is 345 g/mol. The number of carbonyl (C=O) groups excluding carboxylic acids is 1. The fourth-order valence-corrected chi connectivity index (χ4v) is 4.27. The van der Waals surface area contributed by atoms with Gasteiger partial charge in [0, 0.05) is 6.54 Å². The zero-order chi connectivity index (χ0) is 18.0. The van der Waals surface area contributed by atoms with Crippen molar-refractivity contribution < 1.29 is 9.22 Å². The summed E-state index contributed by atoms with van der Waals surface area (Å²) in [4.78, 5) is 14.6. The van der Waals surface area contributed by atoms with E-state index in [4.69, 9.17) is 4.43 Å². The average Bonchev–Trinajstić information content (AvgIpc) is 2.75. The molecule has 1 aromatic carbocycles. The Bertz CT molecular complexity index is 577. The molecule has 1 aliphatic rings. The van der Waals surface area contributed by atoms with Crippen molar-refractivity contribution in [1.82, 2.24) is 4.90 Å². The lowest BCUT2D eigenvalue weighted by Crippen LogP contribution is -2.47. The summed E-state index contributed by atoms with van der Waals surface area (Å²) in [6, 6.07) is 10.3. The number of nitrogens with zero attached hydrogens (tertiary/aromatic N) is 1. The van der Waals surface area contributed by atoms with Crippen molar-refractivity contribution in [2.45, 2.75) is 70.4 Å². The first kappa shape index (κ1) is 18.9. The number of benzene rings is 1. The summed E-state index contributed by atoms with van der Waals surface area (Å²) in [7, 11) is -1.91. The highest BCUT2D eigenvalue weighted by atomic mass is 28.4. The van der Waals surface area contributed by atoms with Crippen LogP contribution in [-0.4, -0.2) is 31.3 Å². The topological polar surface area (TPSA) is 29.5 Å². The summed E-state index contributed by atoms with van der Waals surface area (Å²) in [6.45, 7) is 15.8. The Morgan fingerprint density at radius 1 is 1.29 bits per heavy atom. The predicted molar refractivity (Wildman–Crippen MR) is 102 cm³/mol. The number of likely N-dealkylation sites (tertiary alicyclic amines) is 1. The molecular weight excluding hydrogens is 314 g/mol. The number of carbonyl (C=O) groups is 1. The molecule has 0 bridgehead atoms. The summed E-state index contributed by atoms with van der Waals surface area (Å²) in [5.74, 6) is 0.189. The fourth-order valence-electron chi connectivity index (χ4n) is 2.92. The van der Waals surface area contributed by atoms with Crippen LogP contribution in [0.3, 0.4) is 0 Å². The van der Waals surface area contributed by atoms with Crippen molar-refractivity contribution in [3.63, 3.8) is 0 Å². The first-order valence-electron chi connectivity index (χ1n) is 8.78. The van der Waals surface area contributed by atoms with Crippen LogP contribution < -0.4 is 0 Å². The fraction of sp³-hybridized carbons (Fsp3) is 0.550. The number of amides is 1. The second-order valence-corrected chi connectivity index (χ2v) is 13.0. The van der Waals surface area contributed by atoms with E-state index in [0.29, 0.717) is 13.0 Å². The molecule has 2 rings (SSSR count). The Balaban J connectivity index is 2.19. The molecule has 0 aliphatic carbocycles. The van der Waals surface area contributed by atoms with Crippen LogP contribution in [-0.2, 0) is 15.8 Å². The molecule has 1 aromatic rings. The van der Waals surface area contributed by atoms with E-state index in [-0.39, 0.29) is 23.1 Å². The number of rotatable bonds is 6. The molecule has 1 heterocycles. The Kier molecular flexibility index (Phi) is 5.71. The summed E-state index contributed by atoms with van der Waals surface area (Å²) in [5, 5.41) is 0.141. The first-order chi connectivity index (χ1) is 11.2. The normalized spacial score (nSPS) is 22.0. The molecule has 24 heavy (non-hydrogen) atoms. The van der Waals surface area contributed by atoms with Gasteiger partial charge in [0.15, 0.2) is 8.32 Å². The van der Waals surface area contributed by atoms with Crippen LogP contribution in [0.2, 0.25) is 18.1 Å². The van der Waals surface area contributed by atoms with Crippen LogP contribution in [0, 0.1) is 0 Å². The standard InChI is InChI=1S/C20H31NO2Si/c1-7-11-17-18(23-24(5,6)20(2,3)4)14-19(22)21(17)15-16-12-9-8-10-13-16/h7-10,12-13,17-18H,1,11,14-15H2,2-6H3/t17-,18-/m0/s1. The van der Waals surface area contributed by atoms with Crippen molar-refractivity contribution in [2.24, 2.45) is 0 Å². The largest absolute Gasteiger partial charge is 0.411 e. The van der Waals surface area contributed by atoms with E-state index in [9.17, 15) is 4.79 Å². The lowest BCUT2D eigenvalue weighted by atomic mass is 10.1. The maximum atomic E-state index is 12.6. The van der Waals surface area contributed by atoms with E-state index in [1.807, 2.05) is 29.2 Å². The van der Waals surface area contributed by atoms with Gasteiger partial charge in [-0.2, -0.15) is 0 Å². The highest BCUT2D eigenvalue weighted by Gasteiger charge is 2.46. The highest BCUT2D eigenvalue weighted by molar-refractivity contribution is 6.74. The first-order valence-corrected chi connectivity index (χ1v) is 11.7. The lowest BCUT2D eigenvalue weighted by molar-refractivity contribution is -0.129. The predicted octanol–water partition coefficient (Wildman–Crippen LogP) is 4.75. The van der Waals surface area contributed by atoms with E-state index < -0.39 is 8.32 Å². The van der Waals surface area contributed by atoms with Gasteiger partial charge < -0.3 is 9.33 Å². The van der Waals surface area contributed by atoms with Gasteiger partial charge in [0.25, 0.3) is 0 Å². The van der Waals surface area contributed by atoms with E-state index in [1.54, 1.807) is 0 Å². The Hall–Kier alpha value is -1.39. The van der Waals surface area contributed by atoms with Gasteiger partial charge in [0.1, 0.15) is 0 Å². The Labute approximate surface area is 147 Å². The van der Waals surface area contributed by atoms with E-state index >= 15 is 0 Å². The van der Waals surface area contributed by atoms with Gasteiger partial charge in [-0.25, -0.2) is 0 Å². The molecule has 1 saturated heterocycles. The summed E-state index contributed by atoms with van der Waals surface area (Å²) in [5.41, 5.74) is 1.16. The molecule has 1 aliphatic heterocycles. The quantitative estimate of drug-likeness (QED) is 0.550. The molecule has 0 spiro atoms. The minimum atomic E-state index is -1.91. The maximum Gasteiger partial charge on any atom is 0.225 e. The molecule has 4 heteroatoms. The molecular formula is C20H31NO2Si. The van der Waals surface area contributed by atoms with Crippen molar-refractivity contribution in [3.05, 3.63) is 48.6 Å².